The fourth-order valence-corrected chi connectivity index (χ4v) is 2.95. The molecule has 3 rings (SSSR count). The van der Waals surface area contributed by atoms with Gasteiger partial charge in [0.25, 0.3) is 5.91 Å². The predicted molar refractivity (Wildman–Crippen MR) is 79.3 cm³/mol. The van der Waals surface area contributed by atoms with Gasteiger partial charge in [-0.3, -0.25) is 4.79 Å². The molecule has 108 valence electrons. The summed E-state index contributed by atoms with van der Waals surface area (Å²) in [5.41, 5.74) is 0.484. The number of rotatable bonds is 5. The minimum Gasteiger partial charge on any atom is -0.464 e. The van der Waals surface area contributed by atoms with Crippen molar-refractivity contribution >= 4 is 17.2 Å². The van der Waals surface area contributed by atoms with E-state index in [1.807, 2.05) is 18.2 Å². The van der Waals surface area contributed by atoms with Crippen LogP contribution in [-0.4, -0.2) is 17.6 Å². The molecule has 3 heterocycles. The van der Waals surface area contributed by atoms with Crippen molar-refractivity contribution in [2.24, 2.45) is 0 Å². The molecule has 5 nitrogen and oxygen atoms in total. The minimum atomic E-state index is -0.156. The highest BCUT2D eigenvalue weighted by atomic mass is 32.1. The third-order valence-electron chi connectivity index (χ3n) is 3.08. The van der Waals surface area contributed by atoms with Crippen LogP contribution in [0.15, 0.2) is 45.7 Å². The SMILES string of the molecule is Cc1oncc1C(=O)NCCc1ccc(-c2ccco2)s1. The van der Waals surface area contributed by atoms with Crippen LogP contribution in [0, 0.1) is 6.92 Å². The molecule has 6 heteroatoms. The van der Waals surface area contributed by atoms with Crippen molar-refractivity contribution in [1.29, 1.82) is 0 Å². The molecule has 0 saturated heterocycles. The average molecular weight is 302 g/mol. The zero-order valence-electron chi connectivity index (χ0n) is 11.5. The first-order valence-corrected chi connectivity index (χ1v) is 7.38. The summed E-state index contributed by atoms with van der Waals surface area (Å²) >= 11 is 1.67. The minimum absolute atomic E-state index is 0.156. The maximum atomic E-state index is 11.9. The van der Waals surface area contributed by atoms with E-state index in [2.05, 4.69) is 16.5 Å². The lowest BCUT2D eigenvalue weighted by Gasteiger charge is -2.02. The molecule has 0 aliphatic heterocycles. The maximum Gasteiger partial charge on any atom is 0.256 e. The first-order valence-electron chi connectivity index (χ1n) is 6.56. The number of aryl methyl sites for hydroxylation is 1. The standard InChI is InChI=1S/C15H14N2O3S/c1-10-12(9-17-20-10)15(18)16-7-6-11-4-5-14(21-11)13-3-2-8-19-13/h2-5,8-9H,6-7H2,1H3,(H,16,18). The number of carbonyl (C=O) groups is 1. The Morgan fingerprint density at radius 1 is 1.38 bits per heavy atom. The Morgan fingerprint density at radius 2 is 2.29 bits per heavy atom. The highest BCUT2D eigenvalue weighted by Crippen LogP contribution is 2.28. The molecule has 3 aromatic rings. The number of amides is 1. The molecule has 0 fully saturated rings. The average Bonchev–Trinajstić information content (AvgIpc) is 3.19. The molecule has 0 radical (unpaired) electrons. The van der Waals surface area contributed by atoms with E-state index >= 15 is 0 Å². The van der Waals surface area contributed by atoms with Gasteiger partial charge < -0.3 is 14.3 Å². The molecule has 21 heavy (non-hydrogen) atoms. The van der Waals surface area contributed by atoms with Gasteiger partial charge in [0, 0.05) is 11.4 Å². The fourth-order valence-electron chi connectivity index (χ4n) is 1.97. The normalized spacial score (nSPS) is 10.7. The fraction of sp³-hybridized carbons (Fsp3) is 0.200. The molecule has 3 aromatic heterocycles. The molecule has 1 N–H and O–H groups in total. The lowest BCUT2D eigenvalue weighted by atomic mass is 10.2. The van der Waals surface area contributed by atoms with Gasteiger partial charge in [0.05, 0.1) is 17.3 Å². The summed E-state index contributed by atoms with van der Waals surface area (Å²) in [5, 5.41) is 6.46. The van der Waals surface area contributed by atoms with Gasteiger partial charge >= 0.3 is 0 Å². The Hall–Kier alpha value is -2.34. The Labute approximate surface area is 125 Å². The van der Waals surface area contributed by atoms with Gasteiger partial charge in [0.15, 0.2) is 0 Å². The van der Waals surface area contributed by atoms with Crippen molar-refractivity contribution in [2.75, 3.05) is 6.54 Å². The molecule has 0 atom stereocenters. The van der Waals surface area contributed by atoms with E-state index in [4.69, 9.17) is 8.94 Å². The van der Waals surface area contributed by atoms with E-state index in [-0.39, 0.29) is 5.91 Å². The van der Waals surface area contributed by atoms with Crippen molar-refractivity contribution in [1.82, 2.24) is 10.5 Å². The number of nitrogens with zero attached hydrogens (tertiary/aromatic N) is 1. The summed E-state index contributed by atoms with van der Waals surface area (Å²) in [6.07, 6.45) is 3.88. The summed E-state index contributed by atoms with van der Waals surface area (Å²) in [4.78, 5) is 14.2. The zero-order valence-corrected chi connectivity index (χ0v) is 12.3. The lowest BCUT2D eigenvalue weighted by Crippen LogP contribution is -2.25. The van der Waals surface area contributed by atoms with Crippen molar-refractivity contribution in [3.05, 3.63) is 52.9 Å². The van der Waals surface area contributed by atoms with Gasteiger partial charge in [-0.25, -0.2) is 0 Å². The van der Waals surface area contributed by atoms with Crippen LogP contribution in [0.1, 0.15) is 21.0 Å². The largest absolute Gasteiger partial charge is 0.464 e. The molecule has 0 aromatic carbocycles. The lowest BCUT2D eigenvalue weighted by molar-refractivity contribution is 0.0952. The predicted octanol–water partition coefficient (Wildman–Crippen LogP) is 3.28. The van der Waals surface area contributed by atoms with Crippen molar-refractivity contribution in [3.63, 3.8) is 0 Å². The number of nitrogens with one attached hydrogen (secondary N) is 1. The van der Waals surface area contributed by atoms with Crippen LogP contribution < -0.4 is 5.32 Å². The van der Waals surface area contributed by atoms with Crippen LogP contribution in [0.25, 0.3) is 10.6 Å². The summed E-state index contributed by atoms with van der Waals surface area (Å²) in [5.74, 6) is 1.25. The van der Waals surface area contributed by atoms with E-state index in [0.29, 0.717) is 17.9 Å². The number of aromatic nitrogens is 1. The number of thiophene rings is 1. The number of hydrogen-bond donors (Lipinski definition) is 1. The molecule has 0 bridgehead atoms. The Morgan fingerprint density at radius 3 is 3.00 bits per heavy atom. The smallest absolute Gasteiger partial charge is 0.256 e. The van der Waals surface area contributed by atoms with E-state index in [0.717, 1.165) is 17.1 Å². The number of carbonyl (C=O) groups excluding carboxylic acids is 1. The van der Waals surface area contributed by atoms with Crippen LogP contribution in [0.5, 0.6) is 0 Å². The first-order chi connectivity index (χ1) is 10.2. The summed E-state index contributed by atoms with van der Waals surface area (Å²) in [7, 11) is 0. The molecule has 0 aliphatic carbocycles. The number of hydrogen-bond acceptors (Lipinski definition) is 5. The second-order valence-electron chi connectivity index (χ2n) is 4.54. The van der Waals surface area contributed by atoms with Crippen molar-refractivity contribution in [2.45, 2.75) is 13.3 Å². The van der Waals surface area contributed by atoms with Crippen LogP contribution in [0.3, 0.4) is 0 Å². The van der Waals surface area contributed by atoms with Crippen molar-refractivity contribution < 1.29 is 13.7 Å². The quantitative estimate of drug-likeness (QED) is 0.785. The van der Waals surface area contributed by atoms with E-state index < -0.39 is 0 Å². The van der Waals surface area contributed by atoms with Gasteiger partial charge in [-0.05, 0) is 37.6 Å². The Kier molecular flexibility index (Phi) is 3.87. The summed E-state index contributed by atoms with van der Waals surface area (Å²) in [6, 6.07) is 7.90. The molecular formula is C15H14N2O3S. The third kappa shape index (κ3) is 3.05. The highest BCUT2D eigenvalue weighted by molar-refractivity contribution is 7.15. The van der Waals surface area contributed by atoms with Gasteiger partial charge in [0.1, 0.15) is 17.1 Å². The zero-order chi connectivity index (χ0) is 14.7. The Bertz CT molecular complexity index is 728. The van der Waals surface area contributed by atoms with E-state index in [9.17, 15) is 4.79 Å². The molecule has 1 amide bonds. The van der Waals surface area contributed by atoms with Gasteiger partial charge in [-0.1, -0.05) is 5.16 Å². The molecule has 0 unspecified atom stereocenters. The molecule has 0 saturated carbocycles. The second kappa shape index (κ2) is 5.97. The van der Waals surface area contributed by atoms with Gasteiger partial charge in [0.2, 0.25) is 0 Å². The molecule has 0 spiro atoms. The molecule has 0 aliphatic rings. The number of furan rings is 1. The summed E-state index contributed by atoms with van der Waals surface area (Å²) in [6.45, 7) is 2.29. The van der Waals surface area contributed by atoms with Gasteiger partial charge in [-0.2, -0.15) is 0 Å². The molecular weight excluding hydrogens is 288 g/mol. The first kappa shape index (κ1) is 13.6. The highest BCUT2D eigenvalue weighted by Gasteiger charge is 2.12. The van der Waals surface area contributed by atoms with Crippen molar-refractivity contribution in [3.8, 4) is 10.6 Å². The van der Waals surface area contributed by atoms with E-state index in [1.54, 1.807) is 24.5 Å². The van der Waals surface area contributed by atoms with E-state index in [1.165, 1.54) is 11.1 Å². The van der Waals surface area contributed by atoms with Crippen LogP contribution >= 0.6 is 11.3 Å². The van der Waals surface area contributed by atoms with Crippen LogP contribution in [-0.2, 0) is 6.42 Å². The Balaban J connectivity index is 1.54. The monoisotopic (exact) mass is 302 g/mol. The third-order valence-corrected chi connectivity index (χ3v) is 4.24. The maximum absolute atomic E-state index is 11.9. The second-order valence-corrected chi connectivity index (χ2v) is 5.71. The van der Waals surface area contributed by atoms with Crippen LogP contribution in [0.2, 0.25) is 0 Å². The van der Waals surface area contributed by atoms with Crippen LogP contribution in [0.4, 0.5) is 0 Å². The topological polar surface area (TPSA) is 68.3 Å². The van der Waals surface area contributed by atoms with Gasteiger partial charge in [-0.15, -0.1) is 11.3 Å². The summed E-state index contributed by atoms with van der Waals surface area (Å²) < 4.78 is 10.2.